The Morgan fingerprint density at radius 2 is 2.00 bits per heavy atom. The monoisotopic (exact) mass is 451 g/mol. The molecule has 1 amide bonds. The van der Waals surface area contributed by atoms with Gasteiger partial charge in [0.1, 0.15) is 6.10 Å². The SMILES string of the molecule is O=NC(=O)C1CC=C(c2ccc(-c3nc4cc(O[C@H]5CCOC5)[nH]c4cc3Cl)cc2)CC1. The van der Waals surface area contributed by atoms with Crippen molar-refractivity contribution in [3.8, 4) is 17.1 Å². The van der Waals surface area contributed by atoms with Crippen LogP contribution in [-0.2, 0) is 9.53 Å². The Labute approximate surface area is 189 Å². The predicted octanol–water partition coefficient (Wildman–Crippen LogP) is 5.53. The zero-order chi connectivity index (χ0) is 22.1. The van der Waals surface area contributed by atoms with E-state index in [0.29, 0.717) is 36.0 Å². The van der Waals surface area contributed by atoms with Crippen molar-refractivity contribution in [2.75, 3.05) is 13.2 Å². The smallest absolute Gasteiger partial charge is 0.289 e. The third-order valence-corrected chi connectivity index (χ3v) is 6.38. The van der Waals surface area contributed by atoms with Crippen LogP contribution < -0.4 is 4.74 Å². The number of hydrogen-bond donors (Lipinski definition) is 1. The Morgan fingerprint density at radius 3 is 2.69 bits per heavy atom. The number of carbonyl (C=O) groups is 1. The molecule has 8 heteroatoms. The average molecular weight is 452 g/mol. The summed E-state index contributed by atoms with van der Waals surface area (Å²) in [6, 6.07) is 11.8. The zero-order valence-electron chi connectivity index (χ0n) is 17.3. The van der Waals surface area contributed by atoms with E-state index in [9.17, 15) is 9.70 Å². The van der Waals surface area contributed by atoms with Crippen LogP contribution in [0.15, 0.2) is 47.7 Å². The molecule has 1 unspecified atom stereocenters. The molecule has 2 atom stereocenters. The van der Waals surface area contributed by atoms with E-state index in [1.54, 1.807) is 0 Å². The van der Waals surface area contributed by atoms with Crippen LogP contribution >= 0.6 is 11.6 Å². The highest BCUT2D eigenvalue weighted by molar-refractivity contribution is 6.33. The number of nitroso groups, excluding NO2 is 1. The molecule has 3 heterocycles. The fourth-order valence-electron chi connectivity index (χ4n) is 4.29. The van der Waals surface area contributed by atoms with E-state index in [-0.39, 0.29) is 12.0 Å². The molecular formula is C24H22ClN3O4. The van der Waals surface area contributed by atoms with Crippen LogP contribution in [0, 0.1) is 10.8 Å². The average Bonchev–Trinajstić information content (AvgIpc) is 3.47. The summed E-state index contributed by atoms with van der Waals surface area (Å²) in [7, 11) is 0. The third-order valence-electron chi connectivity index (χ3n) is 6.09. The van der Waals surface area contributed by atoms with Gasteiger partial charge in [-0.3, -0.25) is 4.79 Å². The number of aromatic amines is 1. The molecule has 1 saturated heterocycles. The fraction of sp³-hybridized carbons (Fsp3) is 0.333. The number of carbonyl (C=O) groups excluding carboxylic acids is 1. The van der Waals surface area contributed by atoms with E-state index in [0.717, 1.165) is 41.6 Å². The number of H-pyrrole nitrogens is 1. The quantitative estimate of drug-likeness (QED) is 0.515. The van der Waals surface area contributed by atoms with Gasteiger partial charge in [-0.1, -0.05) is 41.9 Å². The lowest BCUT2D eigenvalue weighted by Gasteiger charge is -2.18. The lowest BCUT2D eigenvalue weighted by Crippen LogP contribution is -2.15. The summed E-state index contributed by atoms with van der Waals surface area (Å²) >= 11 is 6.54. The highest BCUT2D eigenvalue weighted by Crippen LogP contribution is 2.34. The molecule has 7 nitrogen and oxygen atoms in total. The minimum absolute atomic E-state index is 0.0581. The van der Waals surface area contributed by atoms with Crippen molar-refractivity contribution >= 4 is 34.1 Å². The third kappa shape index (κ3) is 4.18. The number of aromatic nitrogens is 2. The van der Waals surface area contributed by atoms with Crippen molar-refractivity contribution in [2.24, 2.45) is 11.1 Å². The Bertz CT molecular complexity index is 1200. The molecule has 2 aromatic heterocycles. The summed E-state index contributed by atoms with van der Waals surface area (Å²) < 4.78 is 11.3. The number of halogens is 1. The molecule has 0 spiro atoms. The number of amides is 1. The van der Waals surface area contributed by atoms with Gasteiger partial charge in [0.15, 0.2) is 5.88 Å². The number of ether oxygens (including phenoxy) is 2. The first kappa shape index (κ1) is 20.8. The molecule has 5 rings (SSSR count). The summed E-state index contributed by atoms with van der Waals surface area (Å²) in [5.74, 6) is -0.180. The van der Waals surface area contributed by atoms with E-state index >= 15 is 0 Å². The van der Waals surface area contributed by atoms with Gasteiger partial charge in [-0.15, -0.1) is 4.91 Å². The number of rotatable bonds is 5. The van der Waals surface area contributed by atoms with Crippen molar-refractivity contribution in [1.82, 2.24) is 9.97 Å². The first-order chi connectivity index (χ1) is 15.6. The van der Waals surface area contributed by atoms with Gasteiger partial charge >= 0.3 is 0 Å². The number of nitrogens with zero attached hydrogens (tertiary/aromatic N) is 2. The van der Waals surface area contributed by atoms with E-state index in [1.165, 1.54) is 5.57 Å². The van der Waals surface area contributed by atoms with E-state index in [1.807, 2.05) is 42.5 Å². The minimum atomic E-state index is -0.554. The topological polar surface area (TPSA) is 93.6 Å². The molecule has 1 aliphatic heterocycles. The molecule has 1 aromatic carbocycles. The number of allylic oxidation sites excluding steroid dienone is 2. The van der Waals surface area contributed by atoms with Gasteiger partial charge < -0.3 is 14.5 Å². The van der Waals surface area contributed by atoms with Crippen LogP contribution in [0.25, 0.3) is 27.9 Å². The molecule has 164 valence electrons. The van der Waals surface area contributed by atoms with E-state index < -0.39 is 5.91 Å². The van der Waals surface area contributed by atoms with Gasteiger partial charge in [0.25, 0.3) is 5.91 Å². The van der Waals surface area contributed by atoms with Crippen molar-refractivity contribution in [3.63, 3.8) is 0 Å². The molecule has 0 saturated carbocycles. The largest absolute Gasteiger partial charge is 0.473 e. The molecule has 3 aromatic rings. The lowest BCUT2D eigenvalue weighted by atomic mass is 9.86. The maximum absolute atomic E-state index is 11.5. The minimum Gasteiger partial charge on any atom is -0.473 e. The standard InChI is InChI=1S/C24H22ClN3O4/c25-19-11-20-21(12-22(26-20)32-18-9-10-31-13-18)27-23(19)16-5-1-14(2-6-16)15-3-7-17(8-4-15)24(29)28-30/h1-3,5-6,11-12,17-18,26H,4,7-10,13H2/t17?,18-/m0/s1. The van der Waals surface area contributed by atoms with Crippen molar-refractivity contribution in [2.45, 2.75) is 31.8 Å². The van der Waals surface area contributed by atoms with Crippen molar-refractivity contribution < 1.29 is 14.3 Å². The highest BCUT2D eigenvalue weighted by Gasteiger charge is 2.23. The van der Waals surface area contributed by atoms with Crippen LogP contribution in [0.4, 0.5) is 0 Å². The van der Waals surface area contributed by atoms with E-state index in [2.05, 4.69) is 10.2 Å². The maximum Gasteiger partial charge on any atom is 0.289 e. The van der Waals surface area contributed by atoms with Gasteiger partial charge in [-0.2, -0.15) is 0 Å². The fourth-order valence-corrected chi connectivity index (χ4v) is 4.56. The van der Waals surface area contributed by atoms with Crippen LogP contribution in [0.2, 0.25) is 5.02 Å². The second-order valence-electron chi connectivity index (χ2n) is 8.20. The second-order valence-corrected chi connectivity index (χ2v) is 8.60. The first-order valence-corrected chi connectivity index (χ1v) is 11.1. The molecule has 32 heavy (non-hydrogen) atoms. The first-order valence-electron chi connectivity index (χ1n) is 10.7. The van der Waals surface area contributed by atoms with Crippen LogP contribution in [0.3, 0.4) is 0 Å². The van der Waals surface area contributed by atoms with Gasteiger partial charge in [0, 0.05) is 29.1 Å². The van der Waals surface area contributed by atoms with Crippen LogP contribution in [0.1, 0.15) is 31.2 Å². The summed E-state index contributed by atoms with van der Waals surface area (Å²) in [5, 5.41) is 3.12. The Balaban J connectivity index is 1.35. The normalized spacial score (nSPS) is 20.8. The Hall–Kier alpha value is -3.03. The van der Waals surface area contributed by atoms with Gasteiger partial charge in [0.2, 0.25) is 0 Å². The summed E-state index contributed by atoms with van der Waals surface area (Å²) in [4.78, 5) is 29.9. The molecule has 1 fully saturated rings. The van der Waals surface area contributed by atoms with Crippen LogP contribution in [-0.4, -0.2) is 35.2 Å². The molecule has 0 bridgehead atoms. The highest BCUT2D eigenvalue weighted by atomic mass is 35.5. The number of fused-ring (bicyclic) bond motifs is 1. The molecule has 1 aliphatic carbocycles. The number of benzene rings is 1. The number of nitrogens with one attached hydrogen (secondary N) is 1. The second kappa shape index (κ2) is 8.84. The van der Waals surface area contributed by atoms with E-state index in [4.69, 9.17) is 26.1 Å². The Kier molecular flexibility index (Phi) is 5.76. The summed E-state index contributed by atoms with van der Waals surface area (Å²) in [6.45, 7) is 1.32. The predicted molar refractivity (Wildman–Crippen MR) is 123 cm³/mol. The zero-order valence-corrected chi connectivity index (χ0v) is 18.1. The molecule has 2 aliphatic rings. The van der Waals surface area contributed by atoms with Gasteiger partial charge in [0.05, 0.1) is 35.0 Å². The molecule has 1 N–H and O–H groups in total. The summed E-state index contributed by atoms with van der Waals surface area (Å²) in [5.41, 5.74) is 5.50. The maximum atomic E-state index is 11.5. The van der Waals surface area contributed by atoms with Gasteiger partial charge in [-0.05, 0) is 36.5 Å². The molecular weight excluding hydrogens is 430 g/mol. The lowest BCUT2D eigenvalue weighted by molar-refractivity contribution is -0.121. The molecule has 0 radical (unpaired) electrons. The van der Waals surface area contributed by atoms with Crippen molar-refractivity contribution in [1.29, 1.82) is 0 Å². The van der Waals surface area contributed by atoms with Crippen molar-refractivity contribution in [3.05, 3.63) is 58.0 Å². The number of hydrogen-bond acceptors (Lipinski definition) is 5. The number of pyridine rings is 1. The van der Waals surface area contributed by atoms with Crippen LogP contribution in [0.5, 0.6) is 5.88 Å². The van der Waals surface area contributed by atoms with Gasteiger partial charge in [-0.25, -0.2) is 4.98 Å². The Morgan fingerprint density at radius 1 is 1.19 bits per heavy atom. The summed E-state index contributed by atoms with van der Waals surface area (Å²) in [6.07, 6.45) is 4.91.